The predicted octanol–water partition coefficient (Wildman–Crippen LogP) is 3.32. The minimum atomic E-state index is -0.246. The van der Waals surface area contributed by atoms with Gasteiger partial charge in [0.2, 0.25) is 0 Å². The SMILES string of the molecule is NCc1ccccc1C1(CF)CCCCC1. The highest BCUT2D eigenvalue weighted by atomic mass is 19.1. The Morgan fingerprint density at radius 2 is 1.81 bits per heavy atom. The summed E-state index contributed by atoms with van der Waals surface area (Å²) in [6.07, 6.45) is 5.47. The standard InChI is InChI=1S/C14H20FN/c15-11-14(8-4-1-5-9-14)13-7-3-2-6-12(13)10-16/h2-3,6-7H,1,4-5,8-11,16H2. The van der Waals surface area contributed by atoms with E-state index in [4.69, 9.17) is 5.73 Å². The smallest absolute Gasteiger partial charge is 0.0991 e. The normalized spacial score (nSPS) is 19.6. The molecule has 88 valence electrons. The van der Waals surface area contributed by atoms with Crippen molar-refractivity contribution in [3.8, 4) is 0 Å². The molecular weight excluding hydrogens is 201 g/mol. The molecule has 0 spiro atoms. The van der Waals surface area contributed by atoms with E-state index in [1.807, 2.05) is 18.2 Å². The first kappa shape index (κ1) is 11.6. The molecule has 0 radical (unpaired) electrons. The Kier molecular flexibility index (Phi) is 3.59. The lowest BCUT2D eigenvalue weighted by Crippen LogP contribution is -2.32. The van der Waals surface area contributed by atoms with E-state index in [2.05, 4.69) is 6.07 Å². The molecular formula is C14H20FN. The van der Waals surface area contributed by atoms with Crippen LogP contribution in [-0.4, -0.2) is 6.67 Å². The first-order chi connectivity index (χ1) is 7.82. The van der Waals surface area contributed by atoms with Crippen molar-refractivity contribution in [2.24, 2.45) is 5.73 Å². The largest absolute Gasteiger partial charge is 0.326 e. The molecule has 16 heavy (non-hydrogen) atoms. The number of rotatable bonds is 3. The zero-order valence-electron chi connectivity index (χ0n) is 9.71. The van der Waals surface area contributed by atoms with Crippen LogP contribution in [-0.2, 0) is 12.0 Å². The van der Waals surface area contributed by atoms with Gasteiger partial charge in [0.25, 0.3) is 0 Å². The van der Waals surface area contributed by atoms with Crippen LogP contribution in [0.4, 0.5) is 4.39 Å². The molecule has 0 aromatic heterocycles. The summed E-state index contributed by atoms with van der Waals surface area (Å²) in [5, 5.41) is 0. The molecule has 1 saturated carbocycles. The van der Waals surface area contributed by atoms with Crippen molar-refractivity contribution in [2.75, 3.05) is 6.67 Å². The van der Waals surface area contributed by atoms with Crippen molar-refractivity contribution in [3.05, 3.63) is 35.4 Å². The summed E-state index contributed by atoms with van der Waals surface area (Å²) in [5.41, 5.74) is 7.77. The monoisotopic (exact) mass is 221 g/mol. The number of nitrogens with two attached hydrogens (primary N) is 1. The van der Waals surface area contributed by atoms with Gasteiger partial charge >= 0.3 is 0 Å². The fourth-order valence-corrected chi connectivity index (χ4v) is 2.92. The molecule has 1 aliphatic rings. The highest BCUT2D eigenvalue weighted by molar-refractivity contribution is 5.35. The maximum Gasteiger partial charge on any atom is 0.0991 e. The molecule has 0 heterocycles. The fraction of sp³-hybridized carbons (Fsp3) is 0.571. The number of hydrogen-bond acceptors (Lipinski definition) is 1. The van der Waals surface area contributed by atoms with Crippen LogP contribution in [0.25, 0.3) is 0 Å². The lowest BCUT2D eigenvalue weighted by atomic mass is 9.69. The van der Waals surface area contributed by atoms with Crippen LogP contribution >= 0.6 is 0 Å². The molecule has 1 aromatic rings. The summed E-state index contributed by atoms with van der Waals surface area (Å²) < 4.78 is 13.5. The Morgan fingerprint density at radius 1 is 1.12 bits per heavy atom. The van der Waals surface area contributed by atoms with E-state index in [9.17, 15) is 4.39 Å². The van der Waals surface area contributed by atoms with Gasteiger partial charge in [-0.25, -0.2) is 0 Å². The minimum Gasteiger partial charge on any atom is -0.326 e. The highest BCUT2D eigenvalue weighted by Crippen LogP contribution is 2.41. The van der Waals surface area contributed by atoms with Gasteiger partial charge in [0.05, 0.1) is 6.67 Å². The average molecular weight is 221 g/mol. The molecule has 1 aliphatic carbocycles. The van der Waals surface area contributed by atoms with Crippen molar-refractivity contribution in [1.29, 1.82) is 0 Å². The maximum absolute atomic E-state index is 13.5. The molecule has 1 nitrogen and oxygen atoms in total. The van der Waals surface area contributed by atoms with E-state index in [1.54, 1.807) is 0 Å². The van der Waals surface area contributed by atoms with Crippen molar-refractivity contribution in [1.82, 2.24) is 0 Å². The Labute approximate surface area is 96.9 Å². The molecule has 1 aromatic carbocycles. The Morgan fingerprint density at radius 3 is 2.44 bits per heavy atom. The van der Waals surface area contributed by atoms with E-state index in [1.165, 1.54) is 6.42 Å². The van der Waals surface area contributed by atoms with E-state index in [0.29, 0.717) is 6.54 Å². The van der Waals surface area contributed by atoms with Gasteiger partial charge in [0, 0.05) is 12.0 Å². The van der Waals surface area contributed by atoms with Crippen molar-refractivity contribution < 1.29 is 4.39 Å². The quantitative estimate of drug-likeness (QED) is 0.832. The van der Waals surface area contributed by atoms with Gasteiger partial charge in [-0.15, -0.1) is 0 Å². The van der Waals surface area contributed by atoms with Crippen LogP contribution in [0.2, 0.25) is 0 Å². The lowest BCUT2D eigenvalue weighted by molar-refractivity contribution is 0.225. The summed E-state index contributed by atoms with van der Waals surface area (Å²) in [7, 11) is 0. The highest BCUT2D eigenvalue weighted by Gasteiger charge is 2.35. The molecule has 2 N–H and O–H groups in total. The molecule has 1 fully saturated rings. The van der Waals surface area contributed by atoms with Gasteiger partial charge in [0.1, 0.15) is 0 Å². The van der Waals surface area contributed by atoms with E-state index >= 15 is 0 Å². The fourth-order valence-electron chi connectivity index (χ4n) is 2.92. The van der Waals surface area contributed by atoms with Gasteiger partial charge in [-0.1, -0.05) is 43.5 Å². The summed E-state index contributed by atoms with van der Waals surface area (Å²) in [5.74, 6) is 0. The van der Waals surface area contributed by atoms with E-state index < -0.39 is 0 Å². The topological polar surface area (TPSA) is 26.0 Å². The van der Waals surface area contributed by atoms with Gasteiger partial charge in [0.15, 0.2) is 0 Å². The molecule has 2 rings (SSSR count). The molecule has 0 amide bonds. The number of alkyl halides is 1. The van der Waals surface area contributed by atoms with Gasteiger partial charge < -0.3 is 5.73 Å². The van der Waals surface area contributed by atoms with Crippen molar-refractivity contribution in [2.45, 2.75) is 44.1 Å². The van der Waals surface area contributed by atoms with Crippen LogP contribution in [0, 0.1) is 0 Å². The third-order valence-corrected chi connectivity index (χ3v) is 3.88. The molecule has 0 aliphatic heterocycles. The molecule has 0 unspecified atom stereocenters. The second-order valence-corrected chi connectivity index (χ2v) is 4.84. The lowest BCUT2D eigenvalue weighted by Gasteiger charge is -2.36. The van der Waals surface area contributed by atoms with Gasteiger partial charge in [-0.05, 0) is 24.0 Å². The first-order valence-electron chi connectivity index (χ1n) is 6.17. The maximum atomic E-state index is 13.5. The van der Waals surface area contributed by atoms with Gasteiger partial charge in [-0.3, -0.25) is 4.39 Å². The Hall–Kier alpha value is -0.890. The number of benzene rings is 1. The zero-order valence-corrected chi connectivity index (χ0v) is 9.71. The first-order valence-corrected chi connectivity index (χ1v) is 6.17. The summed E-state index contributed by atoms with van der Waals surface area (Å²) >= 11 is 0. The van der Waals surface area contributed by atoms with E-state index in [0.717, 1.165) is 36.8 Å². The predicted molar refractivity (Wildman–Crippen MR) is 65.1 cm³/mol. The average Bonchev–Trinajstić information content (AvgIpc) is 2.39. The minimum absolute atomic E-state index is 0.242. The van der Waals surface area contributed by atoms with Crippen LogP contribution in [0.5, 0.6) is 0 Å². The van der Waals surface area contributed by atoms with Crippen LogP contribution in [0.3, 0.4) is 0 Å². The van der Waals surface area contributed by atoms with Crippen LogP contribution < -0.4 is 5.73 Å². The second kappa shape index (κ2) is 4.96. The molecule has 0 atom stereocenters. The summed E-state index contributed by atoms with van der Waals surface area (Å²) in [6, 6.07) is 8.08. The number of halogens is 1. The molecule has 2 heteroatoms. The summed E-state index contributed by atoms with van der Waals surface area (Å²) in [6.45, 7) is 0.266. The Bertz CT molecular complexity index is 342. The van der Waals surface area contributed by atoms with Gasteiger partial charge in [-0.2, -0.15) is 0 Å². The Balaban J connectivity index is 2.38. The number of hydrogen-bond donors (Lipinski definition) is 1. The third kappa shape index (κ3) is 1.99. The second-order valence-electron chi connectivity index (χ2n) is 4.84. The van der Waals surface area contributed by atoms with Crippen LogP contribution in [0.15, 0.2) is 24.3 Å². The summed E-state index contributed by atoms with van der Waals surface area (Å²) in [4.78, 5) is 0. The third-order valence-electron chi connectivity index (χ3n) is 3.88. The van der Waals surface area contributed by atoms with Crippen molar-refractivity contribution >= 4 is 0 Å². The molecule has 0 saturated heterocycles. The zero-order chi connectivity index (χ0) is 11.4. The molecule has 0 bridgehead atoms. The van der Waals surface area contributed by atoms with Crippen LogP contribution in [0.1, 0.15) is 43.2 Å². The van der Waals surface area contributed by atoms with Crippen molar-refractivity contribution in [3.63, 3.8) is 0 Å². The van der Waals surface area contributed by atoms with E-state index in [-0.39, 0.29) is 12.1 Å².